The molecule has 3 heterocycles. The molecule has 2 aromatic carbocycles. The molecule has 4 nitrogen and oxygen atoms in total. The molecule has 0 radical (unpaired) electrons. The van der Waals surface area contributed by atoms with Crippen LogP contribution in [0, 0.1) is 0 Å². The number of fused-ring (bicyclic) bond motifs is 2. The molecule has 4 aromatic rings. The van der Waals surface area contributed by atoms with Gasteiger partial charge in [-0.3, -0.25) is 0 Å². The van der Waals surface area contributed by atoms with E-state index in [1.807, 2.05) is 0 Å². The molecule has 130 valence electrons. The number of piperazine rings is 1. The van der Waals surface area contributed by atoms with E-state index in [-0.39, 0.29) is 0 Å². The van der Waals surface area contributed by atoms with Gasteiger partial charge in [0.05, 0.1) is 31.6 Å². The van der Waals surface area contributed by atoms with Crippen molar-refractivity contribution < 1.29 is 4.90 Å². The second-order valence-corrected chi connectivity index (χ2v) is 7.78. The Hall–Kier alpha value is -2.50. The van der Waals surface area contributed by atoms with Gasteiger partial charge in [-0.2, -0.15) is 0 Å². The number of rotatable bonds is 3. The summed E-state index contributed by atoms with van der Waals surface area (Å²) < 4.78 is 0. The molecule has 1 N–H and O–H groups in total. The number of anilines is 1. The summed E-state index contributed by atoms with van der Waals surface area (Å²) in [6, 6.07) is 17.5. The van der Waals surface area contributed by atoms with Crippen molar-refractivity contribution in [1.82, 2.24) is 9.97 Å². The van der Waals surface area contributed by atoms with Gasteiger partial charge in [0.15, 0.2) is 0 Å². The highest BCUT2D eigenvalue weighted by Gasteiger charge is 2.23. The number of nitrogens with one attached hydrogen (secondary N) is 1. The molecular weight excluding hydrogens is 340 g/mol. The van der Waals surface area contributed by atoms with E-state index >= 15 is 0 Å². The first-order valence-corrected chi connectivity index (χ1v) is 10.00. The van der Waals surface area contributed by atoms with Gasteiger partial charge in [-0.05, 0) is 22.2 Å². The van der Waals surface area contributed by atoms with Crippen LogP contribution in [0.25, 0.3) is 21.0 Å². The number of benzene rings is 2. The fourth-order valence-electron chi connectivity index (χ4n) is 3.96. The first kappa shape index (κ1) is 15.7. The third kappa shape index (κ3) is 2.83. The van der Waals surface area contributed by atoms with E-state index in [9.17, 15) is 0 Å². The lowest BCUT2D eigenvalue weighted by Gasteiger charge is -2.33. The summed E-state index contributed by atoms with van der Waals surface area (Å²) in [4.78, 5) is 14.1. The second kappa shape index (κ2) is 6.67. The van der Waals surface area contributed by atoms with Crippen LogP contribution in [-0.2, 0) is 6.54 Å². The van der Waals surface area contributed by atoms with Gasteiger partial charge >= 0.3 is 0 Å². The standard InChI is InChI=1S/C21H20N4S/c1-2-7-18-16(4-1)5-3-6-17(18)14-24-9-11-25(12-10-24)20-19-8-13-26-21(19)23-15-22-20/h1-8,13,15H,9-12,14H2/p+1. The van der Waals surface area contributed by atoms with Gasteiger partial charge in [0.1, 0.15) is 23.5 Å². The summed E-state index contributed by atoms with van der Waals surface area (Å²) in [6.45, 7) is 5.45. The van der Waals surface area contributed by atoms with Crippen LogP contribution >= 0.6 is 11.3 Å². The summed E-state index contributed by atoms with van der Waals surface area (Å²) >= 11 is 1.69. The summed E-state index contributed by atoms with van der Waals surface area (Å²) in [6.07, 6.45) is 1.70. The fraction of sp³-hybridized carbons (Fsp3) is 0.238. The summed E-state index contributed by atoms with van der Waals surface area (Å²) in [5.74, 6) is 1.10. The molecule has 5 rings (SSSR count). The summed E-state index contributed by atoms with van der Waals surface area (Å²) in [5.41, 5.74) is 1.45. The largest absolute Gasteiger partial charge is 0.345 e. The van der Waals surface area contributed by atoms with Crippen LogP contribution in [0.4, 0.5) is 5.82 Å². The molecule has 0 saturated carbocycles. The number of hydrogen-bond donors (Lipinski definition) is 1. The molecule has 1 aliphatic rings. The maximum absolute atomic E-state index is 4.56. The van der Waals surface area contributed by atoms with Crippen molar-refractivity contribution in [2.75, 3.05) is 31.1 Å². The van der Waals surface area contributed by atoms with Crippen LogP contribution in [0.3, 0.4) is 0 Å². The lowest BCUT2D eigenvalue weighted by Crippen LogP contribution is -3.13. The Morgan fingerprint density at radius 3 is 2.69 bits per heavy atom. The number of quaternary nitrogens is 1. The van der Waals surface area contributed by atoms with E-state index in [4.69, 9.17) is 0 Å². The average molecular weight is 361 g/mol. The zero-order valence-electron chi connectivity index (χ0n) is 14.6. The number of nitrogens with zero attached hydrogens (tertiary/aromatic N) is 3. The Morgan fingerprint density at radius 2 is 1.77 bits per heavy atom. The number of thiophene rings is 1. The minimum absolute atomic E-state index is 1.04. The molecule has 0 aliphatic carbocycles. The molecule has 1 fully saturated rings. The first-order chi connectivity index (χ1) is 12.9. The first-order valence-electron chi connectivity index (χ1n) is 9.12. The predicted molar refractivity (Wildman–Crippen MR) is 108 cm³/mol. The zero-order chi connectivity index (χ0) is 17.3. The quantitative estimate of drug-likeness (QED) is 0.609. The Labute approximate surface area is 156 Å². The fourth-order valence-corrected chi connectivity index (χ4v) is 4.68. The molecule has 0 amide bonds. The second-order valence-electron chi connectivity index (χ2n) is 6.89. The van der Waals surface area contributed by atoms with Gasteiger partial charge in [0, 0.05) is 5.56 Å². The van der Waals surface area contributed by atoms with Crippen molar-refractivity contribution >= 4 is 38.1 Å². The maximum Gasteiger partial charge on any atom is 0.141 e. The number of hydrogen-bond acceptors (Lipinski definition) is 4. The van der Waals surface area contributed by atoms with Crippen LogP contribution in [-0.4, -0.2) is 36.1 Å². The third-order valence-electron chi connectivity index (χ3n) is 5.33. The molecule has 5 heteroatoms. The Morgan fingerprint density at radius 1 is 0.923 bits per heavy atom. The van der Waals surface area contributed by atoms with E-state index in [0.717, 1.165) is 43.4 Å². The highest BCUT2D eigenvalue weighted by molar-refractivity contribution is 7.16. The monoisotopic (exact) mass is 361 g/mol. The topological polar surface area (TPSA) is 33.5 Å². The molecular formula is C21H21N4S+. The summed E-state index contributed by atoms with van der Waals surface area (Å²) in [5, 5.41) is 6.02. The number of aromatic nitrogens is 2. The minimum atomic E-state index is 1.04. The maximum atomic E-state index is 4.56. The molecule has 0 atom stereocenters. The van der Waals surface area contributed by atoms with Gasteiger partial charge in [-0.25, -0.2) is 9.97 Å². The van der Waals surface area contributed by atoms with E-state index in [2.05, 4.69) is 68.8 Å². The summed E-state index contributed by atoms with van der Waals surface area (Å²) in [7, 11) is 0. The molecule has 26 heavy (non-hydrogen) atoms. The van der Waals surface area contributed by atoms with Crippen LogP contribution in [0.1, 0.15) is 5.56 Å². The van der Waals surface area contributed by atoms with Crippen LogP contribution in [0.5, 0.6) is 0 Å². The van der Waals surface area contributed by atoms with E-state index < -0.39 is 0 Å². The smallest absolute Gasteiger partial charge is 0.141 e. The SMILES string of the molecule is c1ccc2c(C[NH+]3CCN(c4ncnc5sccc45)CC3)cccc2c1. The van der Waals surface area contributed by atoms with E-state index in [0.29, 0.717) is 0 Å². The highest BCUT2D eigenvalue weighted by Crippen LogP contribution is 2.26. The zero-order valence-corrected chi connectivity index (χ0v) is 15.4. The van der Waals surface area contributed by atoms with E-state index in [1.54, 1.807) is 22.6 Å². The molecule has 1 aliphatic heterocycles. The van der Waals surface area contributed by atoms with Gasteiger partial charge < -0.3 is 9.80 Å². The van der Waals surface area contributed by atoms with Crippen LogP contribution in [0.15, 0.2) is 60.2 Å². The minimum Gasteiger partial charge on any atom is -0.345 e. The lowest BCUT2D eigenvalue weighted by molar-refractivity contribution is -0.914. The Balaban J connectivity index is 1.32. The molecule has 0 unspecified atom stereocenters. The van der Waals surface area contributed by atoms with Gasteiger partial charge in [-0.15, -0.1) is 11.3 Å². The molecule has 0 bridgehead atoms. The van der Waals surface area contributed by atoms with Gasteiger partial charge in [0.25, 0.3) is 0 Å². The predicted octanol–water partition coefficient (Wildman–Crippen LogP) is 2.75. The van der Waals surface area contributed by atoms with E-state index in [1.165, 1.54) is 21.7 Å². The van der Waals surface area contributed by atoms with Crippen molar-refractivity contribution in [3.8, 4) is 0 Å². The Bertz CT molecular complexity index is 1040. The molecule has 1 saturated heterocycles. The molecule has 0 spiro atoms. The van der Waals surface area contributed by atoms with Crippen molar-refractivity contribution in [3.05, 3.63) is 65.8 Å². The Kier molecular flexibility index (Phi) is 4.03. The lowest BCUT2D eigenvalue weighted by atomic mass is 10.0. The van der Waals surface area contributed by atoms with Crippen LogP contribution < -0.4 is 9.80 Å². The normalized spacial score (nSPS) is 15.8. The average Bonchev–Trinajstić information content (AvgIpc) is 3.18. The molecule has 2 aromatic heterocycles. The van der Waals surface area contributed by atoms with Gasteiger partial charge in [-0.1, -0.05) is 42.5 Å². The van der Waals surface area contributed by atoms with Crippen molar-refractivity contribution in [2.24, 2.45) is 0 Å². The highest BCUT2D eigenvalue weighted by atomic mass is 32.1. The van der Waals surface area contributed by atoms with Crippen molar-refractivity contribution in [1.29, 1.82) is 0 Å². The van der Waals surface area contributed by atoms with Crippen LogP contribution in [0.2, 0.25) is 0 Å². The van der Waals surface area contributed by atoms with Gasteiger partial charge in [0.2, 0.25) is 0 Å². The third-order valence-corrected chi connectivity index (χ3v) is 6.15. The van der Waals surface area contributed by atoms with Crippen molar-refractivity contribution in [2.45, 2.75) is 6.54 Å². The van der Waals surface area contributed by atoms with Crippen molar-refractivity contribution in [3.63, 3.8) is 0 Å².